The normalized spacial score (nSPS) is 44.2. The third-order valence-corrected chi connectivity index (χ3v) is 3.19. The summed E-state index contributed by atoms with van der Waals surface area (Å²) in [5.41, 5.74) is 0.592. The Kier molecular flexibility index (Phi) is 0.870. The van der Waals surface area contributed by atoms with Gasteiger partial charge in [-0.3, -0.25) is 0 Å². The second-order valence-corrected chi connectivity index (χ2v) is 3.91. The molecule has 0 aromatic rings. The highest BCUT2D eigenvalue weighted by atomic mass is 14.5. The predicted octanol–water partition coefficient (Wildman–Crippen LogP) is 2.41. The van der Waals surface area contributed by atoms with Gasteiger partial charge in [-0.2, -0.15) is 0 Å². The summed E-state index contributed by atoms with van der Waals surface area (Å²) in [6.07, 6.45) is 8.33. The predicted molar refractivity (Wildman–Crippen MR) is 37.8 cm³/mol. The highest BCUT2D eigenvalue weighted by Crippen LogP contribution is 2.55. The summed E-state index contributed by atoms with van der Waals surface area (Å²) in [6.45, 7) is 4.73. The monoisotopic (exact) mass is 121 g/mol. The fourth-order valence-electron chi connectivity index (χ4n) is 2.05. The van der Waals surface area contributed by atoms with E-state index in [0.29, 0.717) is 5.41 Å². The van der Waals surface area contributed by atoms with E-state index < -0.39 is 0 Å². The molecule has 0 aromatic heterocycles. The van der Waals surface area contributed by atoms with Crippen molar-refractivity contribution in [2.75, 3.05) is 0 Å². The molecule has 0 aliphatic heterocycles. The van der Waals surface area contributed by atoms with Gasteiger partial charge in [0.25, 0.3) is 0 Å². The van der Waals surface area contributed by atoms with Gasteiger partial charge < -0.3 is 0 Å². The summed E-state index contributed by atoms with van der Waals surface area (Å²) >= 11 is 0. The number of hydrogen-bond donors (Lipinski definition) is 0. The number of hydrogen-bond acceptors (Lipinski definition) is 0. The minimum atomic E-state index is 0.592. The van der Waals surface area contributed by atoms with Gasteiger partial charge in [0.1, 0.15) is 0 Å². The molecule has 0 N–H and O–H groups in total. The summed E-state index contributed by atoms with van der Waals surface area (Å²) in [4.78, 5) is 0. The van der Waals surface area contributed by atoms with Gasteiger partial charge in [-0.15, -0.1) is 0 Å². The molecule has 0 heteroatoms. The first kappa shape index (κ1) is 5.52. The number of fused-ring (bicyclic) bond motifs is 1. The van der Waals surface area contributed by atoms with Crippen LogP contribution in [0.25, 0.3) is 0 Å². The van der Waals surface area contributed by atoms with Gasteiger partial charge in [-0.1, -0.05) is 19.9 Å². The molecule has 0 aromatic carbocycles. The summed E-state index contributed by atoms with van der Waals surface area (Å²) in [7, 11) is 0. The molecular formula is C9H13. The van der Waals surface area contributed by atoms with Crippen molar-refractivity contribution in [2.45, 2.75) is 26.7 Å². The van der Waals surface area contributed by atoms with E-state index in [4.69, 9.17) is 0 Å². The largest absolute Gasteiger partial charge is 0.0804 e. The molecule has 2 bridgehead atoms. The van der Waals surface area contributed by atoms with E-state index in [0.717, 1.165) is 11.8 Å². The van der Waals surface area contributed by atoms with Crippen LogP contribution in [0.4, 0.5) is 0 Å². The first-order valence-corrected chi connectivity index (χ1v) is 3.79. The van der Waals surface area contributed by atoms with Crippen molar-refractivity contribution in [1.29, 1.82) is 0 Å². The summed E-state index contributed by atoms with van der Waals surface area (Å²) in [5, 5.41) is 0. The lowest BCUT2D eigenvalue weighted by Crippen LogP contribution is -2.45. The Labute approximate surface area is 57.0 Å². The van der Waals surface area contributed by atoms with Crippen LogP contribution in [-0.2, 0) is 0 Å². The van der Waals surface area contributed by atoms with Gasteiger partial charge in [-0.05, 0) is 36.2 Å². The Bertz CT molecular complexity index is 153. The fourth-order valence-corrected chi connectivity index (χ4v) is 2.05. The maximum Gasteiger partial charge on any atom is -0.0105 e. The van der Waals surface area contributed by atoms with Gasteiger partial charge >= 0.3 is 0 Å². The van der Waals surface area contributed by atoms with Gasteiger partial charge in [0.15, 0.2) is 0 Å². The molecule has 1 saturated carbocycles. The Balaban J connectivity index is 2.27. The van der Waals surface area contributed by atoms with E-state index in [9.17, 15) is 0 Å². The smallest absolute Gasteiger partial charge is 0.0105 e. The minimum absolute atomic E-state index is 0.592. The van der Waals surface area contributed by atoms with E-state index in [2.05, 4.69) is 26.0 Å². The van der Waals surface area contributed by atoms with Crippen molar-refractivity contribution in [1.82, 2.24) is 0 Å². The maximum absolute atomic E-state index is 3.41. The Morgan fingerprint density at radius 3 is 2.56 bits per heavy atom. The average molecular weight is 121 g/mol. The van der Waals surface area contributed by atoms with Crippen LogP contribution >= 0.6 is 0 Å². The summed E-state index contributed by atoms with van der Waals surface area (Å²) in [5.74, 6) is 1.76. The van der Waals surface area contributed by atoms with Crippen molar-refractivity contribution in [2.24, 2.45) is 17.3 Å². The van der Waals surface area contributed by atoms with E-state index in [1.165, 1.54) is 12.8 Å². The second-order valence-electron chi connectivity index (χ2n) is 3.91. The van der Waals surface area contributed by atoms with E-state index in [1.807, 2.05) is 0 Å². The van der Waals surface area contributed by atoms with Crippen LogP contribution in [0.5, 0.6) is 0 Å². The SMILES string of the molecule is CC1(C)C2CC=[C][C@H]1C2. The van der Waals surface area contributed by atoms with Crippen LogP contribution in [0.15, 0.2) is 6.08 Å². The number of allylic oxidation sites excluding steroid dienone is 2. The highest BCUT2D eigenvalue weighted by Gasteiger charge is 2.47. The molecule has 1 radical (unpaired) electrons. The lowest BCUT2D eigenvalue weighted by Gasteiger charge is -2.53. The van der Waals surface area contributed by atoms with E-state index in [1.54, 1.807) is 0 Å². The first-order valence-electron chi connectivity index (χ1n) is 3.79. The molecule has 1 fully saturated rings. The molecule has 2 atom stereocenters. The Morgan fingerprint density at radius 2 is 2.33 bits per heavy atom. The quantitative estimate of drug-likeness (QED) is 0.461. The average Bonchev–Trinajstić information content (AvgIpc) is 1.89. The molecule has 3 rings (SSSR count). The third-order valence-electron chi connectivity index (χ3n) is 3.19. The molecule has 0 heterocycles. The van der Waals surface area contributed by atoms with Crippen molar-refractivity contribution in [3.05, 3.63) is 12.2 Å². The minimum Gasteiger partial charge on any atom is -0.0804 e. The lowest BCUT2D eigenvalue weighted by atomic mass is 9.51. The fraction of sp³-hybridized carbons (Fsp3) is 0.778. The van der Waals surface area contributed by atoms with Crippen LogP contribution in [0, 0.1) is 23.3 Å². The van der Waals surface area contributed by atoms with Gasteiger partial charge in [0, 0.05) is 0 Å². The van der Waals surface area contributed by atoms with Crippen LogP contribution in [-0.4, -0.2) is 0 Å². The van der Waals surface area contributed by atoms with Crippen LogP contribution in [0.3, 0.4) is 0 Å². The van der Waals surface area contributed by atoms with E-state index in [-0.39, 0.29) is 0 Å². The molecule has 0 nitrogen and oxygen atoms in total. The van der Waals surface area contributed by atoms with Crippen LogP contribution < -0.4 is 0 Å². The zero-order valence-corrected chi connectivity index (χ0v) is 6.15. The zero-order valence-electron chi connectivity index (χ0n) is 6.15. The second kappa shape index (κ2) is 1.42. The van der Waals surface area contributed by atoms with Crippen LogP contribution in [0.1, 0.15) is 26.7 Å². The molecule has 1 unspecified atom stereocenters. The van der Waals surface area contributed by atoms with Crippen molar-refractivity contribution in [3.8, 4) is 0 Å². The molecule has 9 heavy (non-hydrogen) atoms. The molecular weight excluding hydrogens is 108 g/mol. The Hall–Kier alpha value is -0.260. The lowest BCUT2D eigenvalue weighted by molar-refractivity contribution is -0.00265. The first-order chi connectivity index (χ1) is 4.21. The van der Waals surface area contributed by atoms with Crippen molar-refractivity contribution < 1.29 is 0 Å². The molecule has 3 aliphatic rings. The van der Waals surface area contributed by atoms with E-state index >= 15 is 0 Å². The molecule has 3 aliphatic carbocycles. The summed E-state index contributed by atoms with van der Waals surface area (Å²) in [6, 6.07) is 0. The molecule has 0 saturated heterocycles. The third kappa shape index (κ3) is 0.540. The van der Waals surface area contributed by atoms with Crippen molar-refractivity contribution in [3.63, 3.8) is 0 Å². The number of rotatable bonds is 0. The molecule has 0 spiro atoms. The maximum atomic E-state index is 3.41. The van der Waals surface area contributed by atoms with Gasteiger partial charge in [0.05, 0.1) is 0 Å². The standard InChI is InChI=1S/C9H13/c1-9(2)7-4-3-5-8(9)6-7/h3,7-8H,4,6H2,1-2H3/t7?,8-/m0/s1. The van der Waals surface area contributed by atoms with Gasteiger partial charge in [0.2, 0.25) is 0 Å². The van der Waals surface area contributed by atoms with Crippen LogP contribution in [0.2, 0.25) is 0 Å². The van der Waals surface area contributed by atoms with Gasteiger partial charge in [-0.25, -0.2) is 0 Å². The summed E-state index contributed by atoms with van der Waals surface area (Å²) < 4.78 is 0. The zero-order chi connectivity index (χ0) is 6.48. The van der Waals surface area contributed by atoms with Crippen molar-refractivity contribution >= 4 is 0 Å². The Morgan fingerprint density at radius 1 is 1.56 bits per heavy atom. The molecule has 49 valence electrons. The topological polar surface area (TPSA) is 0 Å². The molecule has 0 amide bonds. The highest BCUT2D eigenvalue weighted by molar-refractivity contribution is 5.08.